The van der Waals surface area contributed by atoms with Crippen LogP contribution >= 0.6 is 35.3 Å². The third kappa shape index (κ3) is 7.76. The number of thioether (sulfide) groups is 3. The average molecular weight is 515 g/mol. The van der Waals surface area contributed by atoms with Crippen molar-refractivity contribution < 1.29 is 28.8 Å². The van der Waals surface area contributed by atoms with Gasteiger partial charge in [0.15, 0.2) is 10.8 Å². The summed E-state index contributed by atoms with van der Waals surface area (Å²) in [6.07, 6.45) is 0.279. The maximum atomic E-state index is 13.2. The van der Waals surface area contributed by atoms with E-state index < -0.39 is 10.9 Å². The van der Waals surface area contributed by atoms with Crippen LogP contribution in [0.15, 0.2) is 34.2 Å². The lowest BCUT2D eigenvalue weighted by Gasteiger charge is -2.40. The van der Waals surface area contributed by atoms with Crippen molar-refractivity contribution in [2.75, 3.05) is 24.7 Å². The van der Waals surface area contributed by atoms with E-state index in [-0.39, 0.29) is 46.4 Å². The normalized spacial score (nSPS) is 16.2. The molecule has 1 aromatic rings. The molecule has 1 heterocycles. The molecule has 1 aliphatic heterocycles. The highest BCUT2D eigenvalue weighted by Crippen LogP contribution is 2.41. The molecule has 0 radical (unpaired) electrons. The maximum Gasteiger partial charge on any atom is 0.357 e. The van der Waals surface area contributed by atoms with E-state index in [9.17, 15) is 24.5 Å². The predicted octanol–water partition coefficient (Wildman–Crippen LogP) is 4.17. The Morgan fingerprint density at radius 1 is 1.27 bits per heavy atom. The minimum atomic E-state index is -0.810. The third-order valence-electron chi connectivity index (χ3n) is 4.34. The molecule has 33 heavy (non-hydrogen) atoms. The second-order valence-electron chi connectivity index (χ2n) is 6.61. The number of nitro groups is 1. The van der Waals surface area contributed by atoms with Crippen LogP contribution in [0.25, 0.3) is 0 Å². The van der Waals surface area contributed by atoms with Gasteiger partial charge in [-0.15, -0.1) is 23.5 Å². The standard InChI is InChI=1S/C21H26N2O7S3/c1-4-29-10-11-32-21(33-14(3)24)19(22-17(25)12-18(22)31-5-2)20(26)30-13-15-8-6-7-9-16(15)23(27)28/h6-9,18H,4-5,10-13H2,1-3H3/b21-19+. The summed E-state index contributed by atoms with van der Waals surface area (Å²) in [6.45, 7) is 5.79. The molecule has 0 N–H and O–H groups in total. The molecule has 0 saturated carbocycles. The van der Waals surface area contributed by atoms with Crippen LogP contribution in [-0.2, 0) is 30.5 Å². The summed E-state index contributed by atoms with van der Waals surface area (Å²) in [6, 6.07) is 5.96. The zero-order valence-electron chi connectivity index (χ0n) is 18.6. The fourth-order valence-corrected chi connectivity index (χ4v) is 6.00. The molecule has 0 aromatic heterocycles. The number of ether oxygens (including phenoxy) is 2. The molecule has 1 fully saturated rings. The molecule has 9 nitrogen and oxygen atoms in total. The number of amides is 1. The van der Waals surface area contributed by atoms with Gasteiger partial charge in [0.1, 0.15) is 6.61 Å². The molecule has 0 aliphatic carbocycles. The predicted molar refractivity (Wildman–Crippen MR) is 131 cm³/mol. The van der Waals surface area contributed by atoms with Crippen LogP contribution in [-0.4, -0.2) is 56.9 Å². The Labute approximate surface area is 205 Å². The highest BCUT2D eigenvalue weighted by atomic mass is 32.2. The van der Waals surface area contributed by atoms with Crippen molar-refractivity contribution in [2.24, 2.45) is 0 Å². The molecule has 1 amide bonds. The molecule has 1 atom stereocenters. The minimum absolute atomic E-state index is 0.00233. The topological polar surface area (TPSA) is 116 Å². The Morgan fingerprint density at radius 2 is 2.00 bits per heavy atom. The van der Waals surface area contributed by atoms with Crippen molar-refractivity contribution >= 4 is 58.0 Å². The fraction of sp³-hybridized carbons (Fsp3) is 0.476. The van der Waals surface area contributed by atoms with Gasteiger partial charge in [-0.1, -0.05) is 19.1 Å². The molecule has 2 rings (SSSR count). The number of para-hydroxylation sites is 1. The van der Waals surface area contributed by atoms with Crippen molar-refractivity contribution in [1.29, 1.82) is 0 Å². The number of carbonyl (C=O) groups excluding carboxylic acids is 3. The van der Waals surface area contributed by atoms with Crippen LogP contribution in [0.3, 0.4) is 0 Å². The number of likely N-dealkylation sites (tertiary alicyclic amines) is 1. The van der Waals surface area contributed by atoms with Crippen LogP contribution in [0, 0.1) is 10.1 Å². The molecule has 180 valence electrons. The molecular formula is C21H26N2O7S3. The molecule has 1 unspecified atom stereocenters. The quantitative estimate of drug-likeness (QED) is 0.0948. The van der Waals surface area contributed by atoms with E-state index in [2.05, 4.69) is 0 Å². The smallest absolute Gasteiger partial charge is 0.357 e. The Morgan fingerprint density at radius 3 is 2.61 bits per heavy atom. The summed E-state index contributed by atoms with van der Waals surface area (Å²) in [4.78, 5) is 49.7. The summed E-state index contributed by atoms with van der Waals surface area (Å²) in [7, 11) is 0. The first kappa shape index (κ1) is 27.2. The van der Waals surface area contributed by atoms with Crippen LogP contribution in [0.4, 0.5) is 5.69 Å². The number of rotatable bonds is 13. The Balaban J connectivity index is 2.36. The number of hydrogen-bond acceptors (Lipinski definition) is 10. The molecule has 0 bridgehead atoms. The van der Waals surface area contributed by atoms with Gasteiger partial charge in [-0.3, -0.25) is 24.6 Å². The van der Waals surface area contributed by atoms with Gasteiger partial charge in [-0.2, -0.15) is 0 Å². The van der Waals surface area contributed by atoms with Gasteiger partial charge < -0.3 is 9.47 Å². The lowest BCUT2D eigenvalue weighted by Crippen LogP contribution is -2.52. The fourth-order valence-electron chi connectivity index (χ4n) is 2.90. The third-order valence-corrected chi connectivity index (χ3v) is 7.53. The number of nitro benzene ring substituents is 1. The van der Waals surface area contributed by atoms with Gasteiger partial charge in [-0.25, -0.2) is 4.79 Å². The summed E-state index contributed by atoms with van der Waals surface area (Å²) in [5.74, 6) is 0.152. The monoisotopic (exact) mass is 514 g/mol. The number of benzene rings is 1. The van der Waals surface area contributed by atoms with Crippen molar-refractivity contribution in [2.45, 2.75) is 39.2 Å². The van der Waals surface area contributed by atoms with Crippen molar-refractivity contribution in [1.82, 2.24) is 4.90 Å². The Kier molecular flexibility index (Phi) is 11.2. The zero-order valence-corrected chi connectivity index (χ0v) is 21.1. The van der Waals surface area contributed by atoms with Gasteiger partial charge >= 0.3 is 5.97 Å². The second-order valence-corrected chi connectivity index (χ2v) is 10.6. The maximum absolute atomic E-state index is 13.2. The molecular weight excluding hydrogens is 488 g/mol. The molecule has 1 saturated heterocycles. The highest BCUT2D eigenvalue weighted by molar-refractivity contribution is 8.29. The van der Waals surface area contributed by atoms with Crippen LogP contribution < -0.4 is 0 Å². The van der Waals surface area contributed by atoms with Gasteiger partial charge in [-0.05, 0) is 30.5 Å². The molecule has 1 aliphatic rings. The first-order valence-electron chi connectivity index (χ1n) is 10.3. The van der Waals surface area contributed by atoms with Gasteiger partial charge in [0, 0.05) is 25.3 Å². The lowest BCUT2D eigenvalue weighted by atomic mass is 10.1. The summed E-state index contributed by atoms with van der Waals surface area (Å²) in [5, 5.41) is 10.8. The number of esters is 1. The van der Waals surface area contributed by atoms with Crippen molar-refractivity contribution in [3.8, 4) is 0 Å². The molecule has 12 heteroatoms. The number of hydrogen-bond donors (Lipinski definition) is 0. The first-order chi connectivity index (χ1) is 15.8. The highest BCUT2D eigenvalue weighted by Gasteiger charge is 2.43. The number of β-lactam (4-membered cyclic amide) rings is 1. The summed E-state index contributed by atoms with van der Waals surface area (Å²) < 4.78 is 11.1. The minimum Gasteiger partial charge on any atom is -0.456 e. The van der Waals surface area contributed by atoms with E-state index in [1.54, 1.807) is 6.07 Å². The van der Waals surface area contributed by atoms with E-state index in [0.29, 0.717) is 23.2 Å². The zero-order chi connectivity index (χ0) is 24.4. The van der Waals surface area contributed by atoms with E-state index in [4.69, 9.17) is 9.47 Å². The summed E-state index contributed by atoms with van der Waals surface area (Å²) in [5.41, 5.74) is 0.0616. The largest absolute Gasteiger partial charge is 0.456 e. The second kappa shape index (κ2) is 13.6. The number of nitrogens with zero attached hydrogens (tertiary/aromatic N) is 2. The lowest BCUT2D eigenvalue weighted by molar-refractivity contribution is -0.385. The Hall–Kier alpha value is -2.02. The van der Waals surface area contributed by atoms with Gasteiger partial charge in [0.25, 0.3) is 5.69 Å². The van der Waals surface area contributed by atoms with Gasteiger partial charge in [0.05, 0.1) is 33.1 Å². The van der Waals surface area contributed by atoms with Crippen molar-refractivity contribution in [3.05, 3.63) is 49.9 Å². The molecule has 0 spiro atoms. The van der Waals surface area contributed by atoms with Gasteiger partial charge in [0.2, 0.25) is 5.91 Å². The van der Waals surface area contributed by atoms with E-state index >= 15 is 0 Å². The van der Waals surface area contributed by atoms with E-state index in [0.717, 1.165) is 17.5 Å². The first-order valence-corrected chi connectivity index (χ1v) is 13.1. The molecule has 1 aromatic carbocycles. The average Bonchev–Trinajstić information content (AvgIpc) is 2.77. The Bertz CT molecular complexity index is 923. The van der Waals surface area contributed by atoms with Crippen LogP contribution in [0.2, 0.25) is 0 Å². The van der Waals surface area contributed by atoms with Crippen LogP contribution in [0.1, 0.15) is 32.8 Å². The summed E-state index contributed by atoms with van der Waals surface area (Å²) >= 11 is 3.61. The van der Waals surface area contributed by atoms with Crippen molar-refractivity contribution in [3.63, 3.8) is 0 Å². The number of carbonyl (C=O) groups is 3. The SMILES string of the molecule is CCOCCS/C(SC(C)=O)=C(/C(=O)OCc1ccccc1[N+](=O)[O-])N1C(=O)CC1SCC. The van der Waals surface area contributed by atoms with E-state index in [1.807, 2.05) is 13.8 Å². The van der Waals surface area contributed by atoms with Crippen LogP contribution in [0.5, 0.6) is 0 Å². The van der Waals surface area contributed by atoms with E-state index in [1.165, 1.54) is 53.5 Å².